The van der Waals surface area contributed by atoms with Crippen molar-refractivity contribution in [2.24, 2.45) is 0 Å². The van der Waals surface area contributed by atoms with E-state index in [4.69, 9.17) is 4.74 Å². The Bertz CT molecular complexity index is 918. The first-order valence-corrected chi connectivity index (χ1v) is 10.0. The van der Waals surface area contributed by atoms with E-state index in [2.05, 4.69) is 50.7 Å². The molecule has 148 valence electrons. The Morgan fingerprint density at radius 2 is 1.82 bits per heavy atom. The Balaban J connectivity index is 2.09. The van der Waals surface area contributed by atoms with Gasteiger partial charge in [0.1, 0.15) is 16.6 Å². The number of ether oxygens (including phenoxy) is 1. The van der Waals surface area contributed by atoms with Gasteiger partial charge < -0.3 is 4.74 Å². The minimum Gasteiger partial charge on any atom is -0.497 e. The number of methoxy groups -OCH3 is 1. The predicted molar refractivity (Wildman–Crippen MR) is 110 cm³/mol. The highest BCUT2D eigenvalue weighted by atomic mass is 32.2. The van der Waals surface area contributed by atoms with Crippen LogP contribution in [0.2, 0.25) is 0 Å². The highest BCUT2D eigenvalue weighted by molar-refractivity contribution is 7.99. The lowest BCUT2D eigenvalue weighted by Crippen LogP contribution is -2.22. The van der Waals surface area contributed by atoms with Crippen LogP contribution in [0, 0.1) is 13.8 Å². The van der Waals surface area contributed by atoms with Crippen LogP contribution in [0.4, 0.5) is 0 Å². The maximum absolute atomic E-state index is 5.30. The molecule has 0 aliphatic rings. The molecule has 0 bridgehead atoms. The number of hydrogen-bond acceptors (Lipinski definition) is 7. The average molecular weight is 399 g/mol. The van der Waals surface area contributed by atoms with E-state index in [1.165, 1.54) is 11.8 Å². The van der Waals surface area contributed by atoms with Crippen LogP contribution in [0.5, 0.6) is 5.75 Å². The van der Waals surface area contributed by atoms with Crippen molar-refractivity contribution in [3.05, 3.63) is 47.7 Å². The van der Waals surface area contributed by atoms with Crippen molar-refractivity contribution in [1.82, 2.24) is 29.6 Å². The van der Waals surface area contributed by atoms with Gasteiger partial charge in [0.05, 0.1) is 13.2 Å². The lowest BCUT2D eigenvalue weighted by molar-refractivity contribution is 0.276. The summed E-state index contributed by atoms with van der Waals surface area (Å²) >= 11 is 1.50. The van der Waals surface area contributed by atoms with Gasteiger partial charge in [0.2, 0.25) is 5.16 Å². The summed E-state index contributed by atoms with van der Waals surface area (Å²) < 4.78 is 7.41. The van der Waals surface area contributed by atoms with Gasteiger partial charge in [-0.05, 0) is 76.5 Å². The van der Waals surface area contributed by atoms with E-state index in [1.54, 1.807) is 7.11 Å². The van der Waals surface area contributed by atoms with Crippen LogP contribution in [-0.4, -0.2) is 50.8 Å². The quantitative estimate of drug-likeness (QED) is 0.560. The van der Waals surface area contributed by atoms with E-state index in [0.717, 1.165) is 45.4 Å². The molecule has 0 spiro atoms. The van der Waals surface area contributed by atoms with Crippen molar-refractivity contribution >= 4 is 11.8 Å². The Morgan fingerprint density at radius 3 is 2.39 bits per heavy atom. The number of nitrogens with zero attached hydrogens (tertiary/aromatic N) is 6. The van der Waals surface area contributed by atoms with E-state index in [0.29, 0.717) is 0 Å². The van der Waals surface area contributed by atoms with Crippen molar-refractivity contribution in [1.29, 1.82) is 0 Å². The van der Waals surface area contributed by atoms with Crippen molar-refractivity contribution < 1.29 is 4.74 Å². The molecule has 2 aromatic heterocycles. The second-order valence-corrected chi connectivity index (χ2v) is 7.75. The Kier molecular flexibility index (Phi) is 6.31. The summed E-state index contributed by atoms with van der Waals surface area (Å²) in [7, 11) is 5.79. The maximum atomic E-state index is 5.30. The fourth-order valence-electron chi connectivity index (χ4n) is 3.14. The van der Waals surface area contributed by atoms with E-state index in [-0.39, 0.29) is 6.04 Å². The smallest absolute Gasteiger partial charge is 0.202 e. The van der Waals surface area contributed by atoms with Gasteiger partial charge in [-0.2, -0.15) is 0 Å². The summed E-state index contributed by atoms with van der Waals surface area (Å²) in [5.41, 5.74) is 1.93. The number of aromatic nitrogens is 5. The van der Waals surface area contributed by atoms with Gasteiger partial charge in [-0.3, -0.25) is 9.47 Å². The third-order valence-corrected chi connectivity index (χ3v) is 5.30. The van der Waals surface area contributed by atoms with Gasteiger partial charge in [-0.15, -0.1) is 10.2 Å². The van der Waals surface area contributed by atoms with Gasteiger partial charge in [0.25, 0.3) is 0 Å². The summed E-state index contributed by atoms with van der Waals surface area (Å²) in [6.45, 7) is 6.02. The first kappa shape index (κ1) is 20.3. The third-order valence-electron chi connectivity index (χ3n) is 4.44. The topological polar surface area (TPSA) is 69.0 Å². The highest BCUT2D eigenvalue weighted by Gasteiger charge is 2.23. The molecule has 2 heterocycles. The third kappa shape index (κ3) is 4.34. The van der Waals surface area contributed by atoms with Crippen molar-refractivity contribution in [2.45, 2.75) is 43.4 Å². The lowest BCUT2D eigenvalue weighted by Gasteiger charge is -2.23. The minimum absolute atomic E-state index is 0.151. The zero-order chi connectivity index (χ0) is 20.3. The molecule has 7 nitrogen and oxygen atoms in total. The zero-order valence-corrected chi connectivity index (χ0v) is 18.0. The fraction of sp³-hybridized carbons (Fsp3) is 0.400. The molecule has 0 amide bonds. The van der Waals surface area contributed by atoms with Crippen molar-refractivity contribution in [3.8, 4) is 11.4 Å². The molecule has 0 aliphatic carbocycles. The van der Waals surface area contributed by atoms with Gasteiger partial charge in [-0.1, -0.05) is 6.92 Å². The predicted octanol–water partition coefficient (Wildman–Crippen LogP) is 3.85. The summed E-state index contributed by atoms with van der Waals surface area (Å²) in [5, 5.41) is 10.7. The molecule has 8 heteroatoms. The molecule has 3 rings (SSSR count). The largest absolute Gasteiger partial charge is 0.497 e. The molecule has 1 aromatic carbocycles. The van der Waals surface area contributed by atoms with Gasteiger partial charge in [0, 0.05) is 11.4 Å². The van der Waals surface area contributed by atoms with Crippen LogP contribution >= 0.6 is 11.8 Å². The number of benzene rings is 1. The van der Waals surface area contributed by atoms with Crippen LogP contribution < -0.4 is 4.74 Å². The first-order valence-electron chi connectivity index (χ1n) is 9.19. The average Bonchev–Trinajstić information content (AvgIpc) is 3.04. The normalized spacial score (nSPS) is 12.4. The highest BCUT2D eigenvalue weighted by Crippen LogP contribution is 2.32. The molecule has 0 N–H and O–H groups in total. The zero-order valence-electron chi connectivity index (χ0n) is 17.2. The van der Waals surface area contributed by atoms with Gasteiger partial charge in [-0.25, -0.2) is 9.97 Å². The Hall–Kier alpha value is -2.45. The minimum atomic E-state index is 0.151. The van der Waals surface area contributed by atoms with Gasteiger partial charge >= 0.3 is 0 Å². The Labute approximate surface area is 170 Å². The van der Waals surface area contributed by atoms with E-state index in [9.17, 15) is 0 Å². The van der Waals surface area contributed by atoms with Crippen LogP contribution in [-0.2, 0) is 0 Å². The van der Waals surface area contributed by atoms with Crippen molar-refractivity contribution in [2.75, 3.05) is 21.2 Å². The first-order chi connectivity index (χ1) is 13.4. The lowest BCUT2D eigenvalue weighted by atomic mass is 10.2. The molecular formula is C20H26N6OS. The molecule has 28 heavy (non-hydrogen) atoms. The summed E-state index contributed by atoms with van der Waals surface area (Å²) in [5.74, 6) is 2.47. The molecule has 0 aliphatic heterocycles. The molecule has 0 fully saturated rings. The van der Waals surface area contributed by atoms with Crippen molar-refractivity contribution in [3.63, 3.8) is 0 Å². The summed E-state index contributed by atoms with van der Waals surface area (Å²) in [6, 6.07) is 10.1. The summed E-state index contributed by atoms with van der Waals surface area (Å²) in [6.07, 6.45) is 0.928. The van der Waals surface area contributed by atoms with E-state index < -0.39 is 0 Å². The molecule has 3 aromatic rings. The molecule has 0 saturated carbocycles. The fourth-order valence-corrected chi connectivity index (χ4v) is 4.11. The molecule has 0 radical (unpaired) electrons. The molecule has 0 unspecified atom stereocenters. The number of aryl methyl sites for hydroxylation is 2. The van der Waals surface area contributed by atoms with Crippen LogP contribution in [0.1, 0.15) is 36.7 Å². The van der Waals surface area contributed by atoms with E-state index >= 15 is 0 Å². The SMILES string of the molecule is CC[C@@H](c1nnc(Sc2cc(C)nc(C)n2)n1-c1ccc(OC)cc1)N(C)C. The van der Waals surface area contributed by atoms with Crippen LogP contribution in [0.3, 0.4) is 0 Å². The second kappa shape index (κ2) is 8.70. The van der Waals surface area contributed by atoms with Crippen LogP contribution in [0.25, 0.3) is 5.69 Å². The molecule has 0 saturated heterocycles. The number of hydrogen-bond donors (Lipinski definition) is 0. The number of rotatable bonds is 7. The second-order valence-electron chi connectivity index (χ2n) is 6.76. The monoisotopic (exact) mass is 398 g/mol. The molecule has 1 atom stereocenters. The van der Waals surface area contributed by atoms with Crippen LogP contribution in [0.15, 0.2) is 40.5 Å². The van der Waals surface area contributed by atoms with E-state index in [1.807, 2.05) is 44.2 Å². The summed E-state index contributed by atoms with van der Waals surface area (Å²) in [4.78, 5) is 11.1. The standard InChI is InChI=1S/C20H26N6OS/c1-7-17(25(4)5)19-23-24-20(28-18-12-13(2)21-14(3)22-18)26(19)15-8-10-16(27-6)11-9-15/h8-12,17H,7H2,1-6H3/t17-/m0/s1. The Morgan fingerprint density at radius 1 is 1.11 bits per heavy atom. The van der Waals surface area contributed by atoms with Gasteiger partial charge in [0.15, 0.2) is 5.82 Å². The molecular weight excluding hydrogens is 372 g/mol. The maximum Gasteiger partial charge on any atom is 0.202 e.